The fourth-order valence-electron chi connectivity index (χ4n) is 1.70. The molecule has 0 atom stereocenters. The smallest absolute Gasteiger partial charge is 0.282 e. The maximum atomic E-state index is 11.0. The van der Waals surface area contributed by atoms with Gasteiger partial charge in [-0.2, -0.15) is 18.6 Å². The second-order valence-corrected chi connectivity index (χ2v) is 5.88. The van der Waals surface area contributed by atoms with E-state index in [2.05, 4.69) is 10.2 Å². The molecular weight excluding hydrogens is 276 g/mol. The third kappa shape index (κ3) is 3.49. The van der Waals surface area contributed by atoms with Gasteiger partial charge in [0.15, 0.2) is 0 Å². The maximum Gasteiger partial charge on any atom is 0.294 e. The molecule has 5 nitrogen and oxygen atoms in total. The van der Waals surface area contributed by atoms with E-state index in [4.69, 9.17) is 4.55 Å². The van der Waals surface area contributed by atoms with Crippen LogP contribution in [0, 0.1) is 13.8 Å². The molecule has 6 heteroatoms. The summed E-state index contributed by atoms with van der Waals surface area (Å²) in [7, 11) is -4.19. The number of hydrogen-bond acceptors (Lipinski definition) is 4. The molecule has 0 unspecified atom stereocenters. The largest absolute Gasteiger partial charge is 0.294 e. The highest BCUT2D eigenvalue weighted by atomic mass is 32.2. The van der Waals surface area contributed by atoms with E-state index in [1.807, 2.05) is 31.2 Å². The highest BCUT2D eigenvalue weighted by Gasteiger charge is 2.10. The van der Waals surface area contributed by atoms with Crippen LogP contribution in [-0.2, 0) is 10.1 Å². The number of benzene rings is 2. The van der Waals surface area contributed by atoms with Gasteiger partial charge in [-0.15, -0.1) is 0 Å². The highest BCUT2D eigenvalue weighted by Crippen LogP contribution is 2.24. The number of hydrogen-bond donors (Lipinski definition) is 1. The Morgan fingerprint density at radius 2 is 1.75 bits per heavy atom. The van der Waals surface area contributed by atoms with Gasteiger partial charge in [0.1, 0.15) is 0 Å². The van der Waals surface area contributed by atoms with Crippen molar-refractivity contribution in [2.45, 2.75) is 18.7 Å². The van der Waals surface area contributed by atoms with Crippen LogP contribution in [0.15, 0.2) is 57.6 Å². The monoisotopic (exact) mass is 290 g/mol. The molecule has 0 spiro atoms. The summed E-state index contributed by atoms with van der Waals surface area (Å²) in [4.78, 5) is -0.149. The summed E-state index contributed by atoms with van der Waals surface area (Å²) in [6.45, 7) is 3.67. The fourth-order valence-corrected chi connectivity index (χ4v) is 2.27. The van der Waals surface area contributed by atoms with Gasteiger partial charge >= 0.3 is 0 Å². The molecule has 0 radical (unpaired) electrons. The van der Waals surface area contributed by atoms with Crippen LogP contribution in [-0.4, -0.2) is 13.0 Å². The van der Waals surface area contributed by atoms with E-state index < -0.39 is 10.1 Å². The van der Waals surface area contributed by atoms with E-state index in [0.717, 1.165) is 11.3 Å². The first-order chi connectivity index (χ1) is 9.36. The average Bonchev–Trinajstić information content (AvgIpc) is 2.36. The Hall–Kier alpha value is -2.05. The molecule has 0 aliphatic heterocycles. The second-order valence-electron chi connectivity index (χ2n) is 4.46. The van der Waals surface area contributed by atoms with Gasteiger partial charge in [-0.25, -0.2) is 0 Å². The summed E-state index contributed by atoms with van der Waals surface area (Å²) >= 11 is 0. The van der Waals surface area contributed by atoms with Crippen LogP contribution in [0.25, 0.3) is 0 Å². The minimum absolute atomic E-state index is 0.149. The molecule has 2 aromatic carbocycles. The Kier molecular flexibility index (Phi) is 3.96. The van der Waals surface area contributed by atoms with E-state index in [1.165, 1.54) is 18.2 Å². The van der Waals surface area contributed by atoms with Crippen LogP contribution in [0.3, 0.4) is 0 Å². The first-order valence-corrected chi connectivity index (χ1v) is 7.37. The quantitative estimate of drug-likeness (QED) is 0.686. The Morgan fingerprint density at radius 3 is 2.35 bits per heavy atom. The van der Waals surface area contributed by atoms with Crippen molar-refractivity contribution in [1.82, 2.24) is 0 Å². The normalized spacial score (nSPS) is 11.9. The molecule has 0 saturated heterocycles. The van der Waals surface area contributed by atoms with Gasteiger partial charge < -0.3 is 0 Å². The van der Waals surface area contributed by atoms with E-state index in [1.54, 1.807) is 6.92 Å². The maximum absolute atomic E-state index is 11.0. The first kappa shape index (κ1) is 14.4. The fraction of sp³-hybridized carbons (Fsp3) is 0.143. The zero-order valence-corrected chi connectivity index (χ0v) is 11.9. The van der Waals surface area contributed by atoms with Gasteiger partial charge in [-0.1, -0.05) is 12.1 Å². The summed E-state index contributed by atoms with van der Waals surface area (Å²) < 4.78 is 31.0. The van der Waals surface area contributed by atoms with E-state index >= 15 is 0 Å². The molecule has 1 N–H and O–H groups in total. The third-order valence-corrected chi connectivity index (χ3v) is 3.59. The molecule has 0 fully saturated rings. The van der Waals surface area contributed by atoms with E-state index in [-0.39, 0.29) is 4.90 Å². The Morgan fingerprint density at radius 1 is 1.00 bits per heavy atom. The minimum atomic E-state index is -4.19. The highest BCUT2D eigenvalue weighted by molar-refractivity contribution is 7.85. The van der Waals surface area contributed by atoms with Crippen molar-refractivity contribution < 1.29 is 13.0 Å². The van der Waals surface area contributed by atoms with Crippen molar-refractivity contribution >= 4 is 21.5 Å². The third-order valence-electron chi connectivity index (χ3n) is 2.74. The second kappa shape index (κ2) is 5.52. The summed E-state index contributed by atoms with van der Waals surface area (Å²) in [6, 6.07) is 11.7. The molecule has 2 rings (SSSR count). The molecule has 0 aromatic heterocycles. The van der Waals surface area contributed by atoms with E-state index in [0.29, 0.717) is 11.3 Å². The van der Waals surface area contributed by atoms with Gasteiger partial charge in [0, 0.05) is 0 Å². The van der Waals surface area contributed by atoms with Gasteiger partial charge in [0.2, 0.25) is 0 Å². The molecule has 20 heavy (non-hydrogen) atoms. The Labute approximate surface area is 117 Å². The van der Waals surface area contributed by atoms with Gasteiger partial charge in [-0.3, -0.25) is 4.55 Å². The Bertz CT molecular complexity index is 768. The van der Waals surface area contributed by atoms with Crippen LogP contribution in [0.4, 0.5) is 11.4 Å². The Balaban J connectivity index is 2.31. The van der Waals surface area contributed by atoms with Crippen molar-refractivity contribution in [1.29, 1.82) is 0 Å². The topological polar surface area (TPSA) is 79.1 Å². The van der Waals surface area contributed by atoms with Crippen molar-refractivity contribution in [3.05, 3.63) is 53.6 Å². The molecular formula is C14H14N2O3S. The SMILES string of the molecule is Cc1cccc(N=Nc2ccc(S(=O)(=O)O)cc2C)c1. The van der Waals surface area contributed by atoms with Crippen LogP contribution < -0.4 is 0 Å². The molecule has 0 bridgehead atoms. The van der Waals surface area contributed by atoms with Crippen molar-refractivity contribution in [3.8, 4) is 0 Å². The first-order valence-electron chi connectivity index (χ1n) is 5.93. The average molecular weight is 290 g/mol. The zero-order valence-electron chi connectivity index (χ0n) is 11.1. The minimum Gasteiger partial charge on any atom is -0.282 e. The molecule has 104 valence electrons. The van der Waals surface area contributed by atoms with Crippen molar-refractivity contribution in [2.75, 3.05) is 0 Å². The zero-order chi connectivity index (χ0) is 14.8. The molecule has 0 saturated carbocycles. The van der Waals surface area contributed by atoms with Crippen molar-refractivity contribution in [3.63, 3.8) is 0 Å². The van der Waals surface area contributed by atoms with Crippen molar-refractivity contribution in [2.24, 2.45) is 10.2 Å². The van der Waals surface area contributed by atoms with Crippen LogP contribution in [0.5, 0.6) is 0 Å². The van der Waals surface area contributed by atoms with Gasteiger partial charge in [-0.05, 0) is 55.3 Å². The lowest BCUT2D eigenvalue weighted by Crippen LogP contribution is -1.97. The molecule has 0 amide bonds. The summed E-state index contributed by atoms with van der Waals surface area (Å²) in [5.74, 6) is 0. The van der Waals surface area contributed by atoms with Crippen LogP contribution in [0.2, 0.25) is 0 Å². The predicted octanol–water partition coefficient (Wildman–Crippen LogP) is 3.97. The number of azo groups is 1. The predicted molar refractivity (Wildman–Crippen MR) is 76.3 cm³/mol. The van der Waals surface area contributed by atoms with Crippen LogP contribution >= 0.6 is 0 Å². The summed E-state index contributed by atoms with van der Waals surface area (Å²) in [5.41, 5.74) is 2.98. The molecule has 0 aliphatic rings. The molecule has 2 aromatic rings. The lowest BCUT2D eigenvalue weighted by Gasteiger charge is -2.02. The number of aryl methyl sites for hydroxylation is 2. The molecule has 0 aliphatic carbocycles. The lowest BCUT2D eigenvalue weighted by molar-refractivity contribution is 0.483. The summed E-state index contributed by atoms with van der Waals surface area (Å²) in [6.07, 6.45) is 0. The lowest BCUT2D eigenvalue weighted by atomic mass is 10.2. The molecule has 0 heterocycles. The van der Waals surface area contributed by atoms with Gasteiger partial charge in [0.25, 0.3) is 10.1 Å². The van der Waals surface area contributed by atoms with E-state index in [9.17, 15) is 8.42 Å². The van der Waals surface area contributed by atoms with Gasteiger partial charge in [0.05, 0.1) is 16.3 Å². The number of rotatable bonds is 3. The number of nitrogens with zero attached hydrogens (tertiary/aromatic N) is 2. The summed E-state index contributed by atoms with van der Waals surface area (Å²) in [5, 5.41) is 8.19. The van der Waals surface area contributed by atoms with Crippen LogP contribution in [0.1, 0.15) is 11.1 Å². The standard InChI is InChI=1S/C14H14N2O3S/c1-10-4-3-5-12(8-10)15-16-14-7-6-13(9-11(14)2)20(17,18)19/h3-9H,1-2H3,(H,17,18,19).